The van der Waals surface area contributed by atoms with Crippen molar-refractivity contribution in [2.24, 2.45) is 0 Å². The van der Waals surface area contributed by atoms with Gasteiger partial charge in [0, 0.05) is 11.5 Å². The van der Waals surface area contributed by atoms with Crippen LogP contribution in [-0.2, 0) is 14.3 Å². The number of carbonyl (C=O) groups is 3. The molecule has 2 aromatic rings. The first-order valence-electron chi connectivity index (χ1n) is 10.5. The SMILES string of the molecule is C=C(C)OC(=O)N1c2nc(Cl)ccc2NC(=O)C1CSC.CSCC1Nc2nc(Cl)ccc2NC1=O. The lowest BCUT2D eigenvalue weighted by Gasteiger charge is -2.34. The van der Waals surface area contributed by atoms with Gasteiger partial charge in [-0.2, -0.15) is 23.5 Å². The summed E-state index contributed by atoms with van der Waals surface area (Å²) in [5, 5.41) is 9.20. The van der Waals surface area contributed by atoms with Crippen LogP contribution in [0.3, 0.4) is 0 Å². The summed E-state index contributed by atoms with van der Waals surface area (Å²) in [6, 6.07) is 5.57. The maximum Gasteiger partial charge on any atom is 0.421 e. The average Bonchev–Trinajstić information content (AvgIpc) is 2.81. The zero-order valence-electron chi connectivity index (χ0n) is 19.6. The Bertz CT molecular complexity index is 1190. The number of thioether (sulfide) groups is 2. The highest BCUT2D eigenvalue weighted by molar-refractivity contribution is 7.98. The number of ether oxygens (including phenoxy) is 1. The van der Waals surface area contributed by atoms with Crippen molar-refractivity contribution in [2.45, 2.75) is 19.0 Å². The third-order valence-corrected chi connectivity index (χ3v) is 6.54. The predicted octanol–water partition coefficient (Wildman–Crippen LogP) is 4.73. The highest BCUT2D eigenvalue weighted by Gasteiger charge is 2.39. The molecule has 0 aromatic carbocycles. The quantitative estimate of drug-likeness (QED) is 0.345. The molecule has 3 amide bonds. The fraction of sp³-hybridized carbons (Fsp3) is 0.318. The molecular weight excluding hydrogens is 547 g/mol. The van der Waals surface area contributed by atoms with Crippen molar-refractivity contribution >= 4 is 87.6 Å². The van der Waals surface area contributed by atoms with Crippen LogP contribution in [0.4, 0.5) is 27.8 Å². The third-order valence-electron chi connectivity index (χ3n) is 4.80. The molecule has 0 radical (unpaired) electrons. The molecule has 0 aliphatic carbocycles. The number of nitrogens with zero attached hydrogens (tertiary/aromatic N) is 3. The van der Waals surface area contributed by atoms with Crippen LogP contribution in [0.5, 0.6) is 0 Å². The van der Waals surface area contributed by atoms with Crippen molar-refractivity contribution < 1.29 is 19.1 Å². The molecule has 2 aliphatic heterocycles. The molecule has 0 fully saturated rings. The minimum atomic E-state index is -0.717. The summed E-state index contributed by atoms with van der Waals surface area (Å²) in [5.74, 6) is 1.94. The average molecular weight is 572 g/mol. The van der Waals surface area contributed by atoms with Crippen LogP contribution in [0, 0.1) is 0 Å². The van der Waals surface area contributed by atoms with Crippen molar-refractivity contribution in [3.8, 4) is 0 Å². The largest absolute Gasteiger partial charge is 0.421 e. The fourth-order valence-electron chi connectivity index (χ4n) is 3.29. The third kappa shape index (κ3) is 6.75. The van der Waals surface area contributed by atoms with Gasteiger partial charge in [0.05, 0.1) is 17.1 Å². The van der Waals surface area contributed by atoms with Crippen molar-refractivity contribution in [1.82, 2.24) is 9.97 Å². The maximum atomic E-state index is 12.3. The first kappa shape index (κ1) is 27.9. The van der Waals surface area contributed by atoms with Gasteiger partial charge in [-0.05, 0) is 43.7 Å². The Morgan fingerprint density at radius 1 is 1.03 bits per heavy atom. The van der Waals surface area contributed by atoms with Crippen LogP contribution in [-0.4, -0.2) is 64.0 Å². The number of aromatic nitrogens is 2. The molecule has 4 heterocycles. The Morgan fingerprint density at radius 3 is 2.28 bits per heavy atom. The molecule has 10 nitrogen and oxygen atoms in total. The molecule has 0 saturated carbocycles. The number of pyridine rings is 2. The lowest BCUT2D eigenvalue weighted by atomic mass is 10.2. The number of fused-ring (bicyclic) bond motifs is 2. The highest BCUT2D eigenvalue weighted by Crippen LogP contribution is 2.33. The van der Waals surface area contributed by atoms with Crippen LogP contribution in [0.1, 0.15) is 6.92 Å². The number of nitrogens with one attached hydrogen (secondary N) is 3. The molecule has 2 aromatic heterocycles. The zero-order valence-corrected chi connectivity index (χ0v) is 22.8. The van der Waals surface area contributed by atoms with E-state index in [1.807, 2.05) is 12.5 Å². The lowest BCUT2D eigenvalue weighted by molar-refractivity contribution is -0.117. The van der Waals surface area contributed by atoms with E-state index >= 15 is 0 Å². The summed E-state index contributed by atoms with van der Waals surface area (Å²) in [4.78, 5) is 45.5. The van der Waals surface area contributed by atoms with E-state index in [4.69, 9.17) is 27.9 Å². The van der Waals surface area contributed by atoms with Crippen LogP contribution in [0.25, 0.3) is 0 Å². The standard InChI is InChI=1S/C13H14ClN3O3S.C9H10ClN3OS/c1-7(2)20-13(19)17-9(6-21-3)12(18)15-8-4-5-10(14)16-11(8)17;1-15-4-6-9(14)12-5-2-3-7(10)13-8(5)11-6/h4-5,9H,1,6H2,2-3H3,(H,15,18);2-3,6H,4H2,1H3,(H,11,13)(H,12,14). The smallest absolute Gasteiger partial charge is 0.415 e. The highest BCUT2D eigenvalue weighted by atomic mass is 35.5. The van der Waals surface area contributed by atoms with Gasteiger partial charge < -0.3 is 20.7 Å². The number of amides is 3. The van der Waals surface area contributed by atoms with Gasteiger partial charge in [-0.15, -0.1) is 0 Å². The van der Waals surface area contributed by atoms with Crippen LogP contribution >= 0.6 is 46.7 Å². The van der Waals surface area contributed by atoms with Gasteiger partial charge in [0.25, 0.3) is 0 Å². The number of rotatable bonds is 5. The first-order valence-corrected chi connectivity index (χ1v) is 14.0. The van der Waals surface area contributed by atoms with Crippen LogP contribution in [0.2, 0.25) is 10.3 Å². The number of hydrogen-bond acceptors (Lipinski definition) is 9. The summed E-state index contributed by atoms with van der Waals surface area (Å²) >= 11 is 14.7. The van der Waals surface area contributed by atoms with E-state index in [1.54, 1.807) is 36.9 Å². The number of hydrogen-bond donors (Lipinski definition) is 3. The van der Waals surface area contributed by atoms with E-state index < -0.39 is 12.1 Å². The van der Waals surface area contributed by atoms with Gasteiger partial charge >= 0.3 is 6.09 Å². The van der Waals surface area contributed by atoms with Crippen molar-refractivity contribution in [2.75, 3.05) is 44.9 Å². The van der Waals surface area contributed by atoms with Gasteiger partial charge in [0.1, 0.15) is 22.4 Å². The molecule has 2 atom stereocenters. The van der Waals surface area contributed by atoms with Gasteiger partial charge in [0.15, 0.2) is 11.6 Å². The van der Waals surface area contributed by atoms with E-state index in [0.29, 0.717) is 33.9 Å². The van der Waals surface area contributed by atoms with Crippen LogP contribution < -0.4 is 20.9 Å². The second kappa shape index (κ2) is 12.5. The normalized spacial score (nSPS) is 17.9. The Labute approximate surface area is 226 Å². The minimum absolute atomic E-state index is 0.0269. The molecule has 14 heteroatoms. The summed E-state index contributed by atoms with van der Waals surface area (Å²) in [6.45, 7) is 5.08. The van der Waals surface area contributed by atoms with E-state index in [1.165, 1.54) is 22.7 Å². The van der Waals surface area contributed by atoms with E-state index in [9.17, 15) is 14.4 Å². The summed E-state index contributed by atoms with van der Waals surface area (Å²) in [6.07, 6.45) is 3.10. The van der Waals surface area contributed by atoms with Gasteiger partial charge in [-0.3, -0.25) is 9.59 Å². The van der Waals surface area contributed by atoms with E-state index in [2.05, 4.69) is 32.5 Å². The van der Waals surface area contributed by atoms with Crippen molar-refractivity contribution in [3.63, 3.8) is 0 Å². The summed E-state index contributed by atoms with van der Waals surface area (Å²) < 4.78 is 5.03. The molecule has 4 rings (SSSR count). The Balaban J connectivity index is 0.000000212. The number of allylic oxidation sites excluding steroid dienone is 1. The van der Waals surface area contributed by atoms with Gasteiger partial charge in [0.2, 0.25) is 11.8 Å². The van der Waals surface area contributed by atoms with Gasteiger partial charge in [-0.1, -0.05) is 29.8 Å². The molecule has 192 valence electrons. The van der Waals surface area contributed by atoms with Crippen molar-refractivity contribution in [1.29, 1.82) is 0 Å². The number of carbonyl (C=O) groups excluding carboxylic acids is 3. The predicted molar refractivity (Wildman–Crippen MR) is 147 cm³/mol. The fourth-order valence-corrected chi connectivity index (χ4v) is 4.76. The van der Waals surface area contributed by atoms with Crippen LogP contribution in [0.15, 0.2) is 36.6 Å². The Morgan fingerprint density at radius 2 is 1.64 bits per heavy atom. The molecule has 2 aliphatic rings. The first-order chi connectivity index (χ1) is 17.1. The summed E-state index contributed by atoms with van der Waals surface area (Å²) in [7, 11) is 0. The molecule has 36 heavy (non-hydrogen) atoms. The molecule has 3 N–H and O–H groups in total. The second-order valence-corrected chi connectivity index (χ2v) is 10.2. The lowest BCUT2D eigenvalue weighted by Crippen LogP contribution is -2.53. The Kier molecular flexibility index (Phi) is 9.71. The van der Waals surface area contributed by atoms with E-state index in [-0.39, 0.29) is 34.6 Å². The monoisotopic (exact) mass is 570 g/mol. The molecular formula is C22H24Cl2N6O4S2. The minimum Gasteiger partial charge on any atom is -0.415 e. The van der Waals surface area contributed by atoms with Gasteiger partial charge in [-0.25, -0.2) is 19.7 Å². The Hall–Kier alpha value is -2.67. The second-order valence-electron chi connectivity index (χ2n) is 7.58. The number of anilines is 4. The zero-order chi connectivity index (χ0) is 26.4. The molecule has 0 bridgehead atoms. The topological polar surface area (TPSA) is 126 Å². The molecule has 2 unspecified atom stereocenters. The summed E-state index contributed by atoms with van der Waals surface area (Å²) in [5.41, 5.74) is 1.10. The molecule has 0 spiro atoms. The molecule has 0 saturated heterocycles. The van der Waals surface area contributed by atoms with Crippen molar-refractivity contribution in [3.05, 3.63) is 46.9 Å². The van der Waals surface area contributed by atoms with E-state index in [0.717, 1.165) is 0 Å². The maximum absolute atomic E-state index is 12.3. The number of halogens is 2.